The highest BCUT2D eigenvalue weighted by atomic mass is 35.5. The van der Waals surface area contributed by atoms with Gasteiger partial charge >= 0.3 is 0 Å². The van der Waals surface area contributed by atoms with Gasteiger partial charge < -0.3 is 19.7 Å². The average molecular weight is 361 g/mol. The predicted molar refractivity (Wildman–Crippen MR) is 98.7 cm³/mol. The molecule has 3 rings (SSSR count). The minimum absolute atomic E-state index is 0.0105. The number of methoxy groups -OCH3 is 1. The van der Waals surface area contributed by atoms with E-state index < -0.39 is 0 Å². The van der Waals surface area contributed by atoms with Gasteiger partial charge in [-0.05, 0) is 48.5 Å². The molecule has 25 heavy (non-hydrogen) atoms. The number of carbonyl (C=O) groups is 1. The molecule has 5 nitrogen and oxygen atoms in total. The predicted octanol–water partition coefficient (Wildman–Crippen LogP) is 2.98. The third-order valence-electron chi connectivity index (χ3n) is 4.17. The molecule has 0 unspecified atom stereocenters. The molecule has 0 saturated carbocycles. The maximum atomic E-state index is 11.9. The van der Waals surface area contributed by atoms with Gasteiger partial charge in [0.1, 0.15) is 11.5 Å². The van der Waals surface area contributed by atoms with E-state index in [9.17, 15) is 4.79 Å². The number of halogens is 1. The molecule has 0 spiro atoms. The first-order valence-electron chi connectivity index (χ1n) is 8.18. The first-order valence-corrected chi connectivity index (χ1v) is 8.56. The van der Waals surface area contributed by atoms with Crippen molar-refractivity contribution in [3.63, 3.8) is 0 Å². The van der Waals surface area contributed by atoms with E-state index >= 15 is 0 Å². The highest BCUT2D eigenvalue weighted by Gasteiger charge is 2.27. The van der Waals surface area contributed by atoms with Gasteiger partial charge in [-0.1, -0.05) is 11.6 Å². The summed E-state index contributed by atoms with van der Waals surface area (Å²) in [4.78, 5) is 14.1. The number of ether oxygens (including phenoxy) is 2. The molecule has 1 fully saturated rings. The smallest absolute Gasteiger partial charge is 0.257 e. The third kappa shape index (κ3) is 4.79. The molecule has 1 aliphatic heterocycles. The molecule has 2 aromatic carbocycles. The lowest BCUT2D eigenvalue weighted by Gasteiger charge is -2.41. The van der Waals surface area contributed by atoms with E-state index in [0.29, 0.717) is 23.2 Å². The quantitative estimate of drug-likeness (QED) is 0.824. The molecule has 1 aliphatic rings. The number of hydrogen-bond acceptors (Lipinski definition) is 4. The molecule has 2 aromatic rings. The van der Waals surface area contributed by atoms with Crippen molar-refractivity contribution in [2.24, 2.45) is 5.92 Å². The van der Waals surface area contributed by atoms with E-state index in [2.05, 4.69) is 10.2 Å². The summed E-state index contributed by atoms with van der Waals surface area (Å²) in [5, 5.41) is 3.56. The first-order chi connectivity index (χ1) is 12.1. The van der Waals surface area contributed by atoms with Crippen LogP contribution in [0.15, 0.2) is 48.5 Å². The fourth-order valence-electron chi connectivity index (χ4n) is 2.69. The molecular formula is C19H21ClN2O3. The Morgan fingerprint density at radius 3 is 2.40 bits per heavy atom. The Balaban J connectivity index is 1.34. The Bertz CT molecular complexity index is 698. The zero-order chi connectivity index (χ0) is 17.6. The first kappa shape index (κ1) is 17.4. The molecule has 1 heterocycles. The van der Waals surface area contributed by atoms with E-state index in [-0.39, 0.29) is 12.5 Å². The summed E-state index contributed by atoms with van der Waals surface area (Å²) in [6.45, 7) is 2.54. The molecule has 0 radical (unpaired) electrons. The SMILES string of the molecule is COc1ccc(N2CC(CNC(=O)COc3ccc(Cl)cc3)C2)cc1. The zero-order valence-corrected chi connectivity index (χ0v) is 14.8. The van der Waals surface area contributed by atoms with Crippen LogP contribution in [0.1, 0.15) is 0 Å². The lowest BCUT2D eigenvalue weighted by molar-refractivity contribution is -0.123. The maximum absolute atomic E-state index is 11.9. The second-order valence-electron chi connectivity index (χ2n) is 6.02. The Labute approximate surface area is 152 Å². The Morgan fingerprint density at radius 2 is 1.76 bits per heavy atom. The van der Waals surface area contributed by atoms with Gasteiger partial charge in [-0.2, -0.15) is 0 Å². The van der Waals surface area contributed by atoms with Crippen LogP contribution in [0.5, 0.6) is 11.5 Å². The highest BCUT2D eigenvalue weighted by molar-refractivity contribution is 6.30. The van der Waals surface area contributed by atoms with Gasteiger partial charge in [-0.3, -0.25) is 4.79 Å². The fourth-order valence-corrected chi connectivity index (χ4v) is 2.82. The monoisotopic (exact) mass is 360 g/mol. The van der Waals surface area contributed by atoms with Gasteiger partial charge in [0.05, 0.1) is 7.11 Å². The van der Waals surface area contributed by atoms with Crippen LogP contribution in [0.25, 0.3) is 0 Å². The van der Waals surface area contributed by atoms with Crippen molar-refractivity contribution >= 4 is 23.2 Å². The lowest BCUT2D eigenvalue weighted by Crippen LogP contribution is -2.51. The Kier molecular flexibility index (Phi) is 5.66. The molecule has 0 bridgehead atoms. The largest absolute Gasteiger partial charge is 0.497 e. The summed E-state index contributed by atoms with van der Waals surface area (Å²) in [5.41, 5.74) is 1.18. The summed E-state index contributed by atoms with van der Waals surface area (Å²) < 4.78 is 10.6. The van der Waals surface area contributed by atoms with Crippen LogP contribution in [0.3, 0.4) is 0 Å². The van der Waals surface area contributed by atoms with E-state index in [0.717, 1.165) is 18.8 Å². The highest BCUT2D eigenvalue weighted by Crippen LogP contribution is 2.26. The molecular weight excluding hydrogens is 340 g/mol. The topological polar surface area (TPSA) is 50.8 Å². The van der Waals surface area contributed by atoms with Crippen molar-refractivity contribution < 1.29 is 14.3 Å². The van der Waals surface area contributed by atoms with Gasteiger partial charge in [0.25, 0.3) is 5.91 Å². The van der Waals surface area contributed by atoms with Crippen LogP contribution >= 0.6 is 11.6 Å². The fraction of sp³-hybridized carbons (Fsp3) is 0.316. The van der Waals surface area contributed by atoms with Crippen LogP contribution in [0.2, 0.25) is 5.02 Å². The average Bonchev–Trinajstić information content (AvgIpc) is 2.60. The maximum Gasteiger partial charge on any atom is 0.257 e. The van der Waals surface area contributed by atoms with E-state index in [1.54, 1.807) is 31.4 Å². The molecule has 0 aromatic heterocycles. The lowest BCUT2D eigenvalue weighted by atomic mass is 9.99. The number of nitrogens with zero attached hydrogens (tertiary/aromatic N) is 1. The van der Waals surface area contributed by atoms with E-state index in [4.69, 9.17) is 21.1 Å². The summed E-state index contributed by atoms with van der Waals surface area (Å²) in [7, 11) is 1.66. The van der Waals surface area contributed by atoms with Crippen molar-refractivity contribution in [3.8, 4) is 11.5 Å². The van der Waals surface area contributed by atoms with Gasteiger partial charge in [0.15, 0.2) is 6.61 Å². The van der Waals surface area contributed by atoms with Crippen LogP contribution in [0, 0.1) is 5.92 Å². The molecule has 132 valence electrons. The molecule has 1 amide bonds. The van der Waals surface area contributed by atoms with E-state index in [1.165, 1.54) is 5.69 Å². The minimum Gasteiger partial charge on any atom is -0.497 e. The normalized spacial score (nSPS) is 13.9. The van der Waals surface area contributed by atoms with Gasteiger partial charge in [-0.15, -0.1) is 0 Å². The number of benzene rings is 2. The summed E-state index contributed by atoms with van der Waals surface area (Å²) in [5.74, 6) is 1.84. The molecule has 6 heteroatoms. The van der Waals surface area contributed by atoms with Crippen LogP contribution in [0.4, 0.5) is 5.69 Å². The number of carbonyl (C=O) groups excluding carboxylic acids is 1. The van der Waals surface area contributed by atoms with Crippen molar-refractivity contribution in [2.75, 3.05) is 38.3 Å². The summed E-state index contributed by atoms with van der Waals surface area (Å²) in [6, 6.07) is 15.0. The van der Waals surface area contributed by atoms with Crippen LogP contribution in [-0.2, 0) is 4.79 Å². The standard InChI is InChI=1S/C19H21ClN2O3/c1-24-17-8-4-16(5-9-17)22-11-14(12-22)10-21-19(23)13-25-18-6-2-15(20)3-7-18/h2-9,14H,10-13H2,1H3,(H,21,23). The van der Waals surface area contributed by atoms with Crippen LogP contribution in [-0.4, -0.2) is 39.3 Å². The number of rotatable bonds is 7. The van der Waals surface area contributed by atoms with E-state index in [1.807, 2.05) is 24.3 Å². The van der Waals surface area contributed by atoms with Gasteiger partial charge in [0, 0.05) is 36.3 Å². The van der Waals surface area contributed by atoms with Gasteiger partial charge in [-0.25, -0.2) is 0 Å². The van der Waals surface area contributed by atoms with Gasteiger partial charge in [0.2, 0.25) is 0 Å². The second kappa shape index (κ2) is 8.12. The van der Waals surface area contributed by atoms with Crippen molar-refractivity contribution in [1.29, 1.82) is 0 Å². The summed E-state index contributed by atoms with van der Waals surface area (Å²) in [6.07, 6.45) is 0. The third-order valence-corrected chi connectivity index (χ3v) is 4.42. The number of anilines is 1. The molecule has 1 N–H and O–H groups in total. The summed E-state index contributed by atoms with van der Waals surface area (Å²) >= 11 is 5.81. The van der Waals surface area contributed by atoms with Crippen molar-refractivity contribution in [3.05, 3.63) is 53.6 Å². The van der Waals surface area contributed by atoms with Crippen molar-refractivity contribution in [1.82, 2.24) is 5.32 Å². The number of amides is 1. The zero-order valence-electron chi connectivity index (χ0n) is 14.1. The number of nitrogens with one attached hydrogen (secondary N) is 1. The molecule has 1 saturated heterocycles. The van der Waals surface area contributed by atoms with Crippen molar-refractivity contribution in [2.45, 2.75) is 0 Å². The van der Waals surface area contributed by atoms with Crippen LogP contribution < -0.4 is 19.7 Å². The Hall–Kier alpha value is -2.40. The minimum atomic E-state index is -0.113. The molecule has 0 atom stereocenters. The Morgan fingerprint density at radius 1 is 1.12 bits per heavy atom. The number of hydrogen-bond donors (Lipinski definition) is 1. The molecule has 0 aliphatic carbocycles. The second-order valence-corrected chi connectivity index (χ2v) is 6.45.